The first-order valence-electron chi connectivity index (χ1n) is 10.9. The third kappa shape index (κ3) is 1.73. The van der Waals surface area contributed by atoms with Crippen molar-refractivity contribution in [3.05, 3.63) is 29.8 Å². The van der Waals surface area contributed by atoms with Crippen LogP contribution in [0.1, 0.15) is 40.2 Å². The number of carbonyl (C=O) groups excluding carboxylic acids is 2. The number of Topliss-reactive ketones (excluding diaryl/α,β-unsaturated/α-hetero) is 1. The SMILES string of the molecule is CCN1C(=O)C2(c3ccccc31)[NH+]1CC3(C(C)C)C[NH+]2CC(C(C)C)(C1)C3=O. The molecule has 5 aliphatic rings. The third-order valence-electron chi connectivity index (χ3n) is 8.77. The Morgan fingerprint density at radius 2 is 1.43 bits per heavy atom. The zero-order valence-corrected chi connectivity index (χ0v) is 17.8. The van der Waals surface area contributed by atoms with Gasteiger partial charge in [0, 0.05) is 6.54 Å². The summed E-state index contributed by atoms with van der Waals surface area (Å²) < 4.78 is 0. The van der Waals surface area contributed by atoms with Crippen LogP contribution in [-0.2, 0) is 15.3 Å². The van der Waals surface area contributed by atoms with E-state index in [1.165, 1.54) is 15.4 Å². The van der Waals surface area contributed by atoms with E-state index in [2.05, 4.69) is 52.8 Å². The van der Waals surface area contributed by atoms with Gasteiger partial charge in [0.05, 0.1) is 5.69 Å². The van der Waals surface area contributed by atoms with Crippen molar-refractivity contribution in [3.8, 4) is 0 Å². The minimum Gasteiger partial charge on any atom is -0.301 e. The lowest BCUT2D eigenvalue weighted by Crippen LogP contribution is -3.49. The van der Waals surface area contributed by atoms with Crippen molar-refractivity contribution in [1.82, 2.24) is 0 Å². The van der Waals surface area contributed by atoms with Crippen LogP contribution in [-0.4, -0.2) is 44.4 Å². The Bertz CT molecular complexity index is 828. The first-order valence-corrected chi connectivity index (χ1v) is 10.9. The Morgan fingerprint density at radius 1 is 0.929 bits per heavy atom. The van der Waals surface area contributed by atoms with E-state index in [1.54, 1.807) is 0 Å². The molecule has 4 fully saturated rings. The molecular weight excluding hydrogens is 350 g/mol. The van der Waals surface area contributed by atoms with Gasteiger partial charge in [-0.15, -0.1) is 0 Å². The molecule has 1 aromatic rings. The van der Waals surface area contributed by atoms with Crippen LogP contribution in [0.5, 0.6) is 0 Å². The average molecular weight is 384 g/mol. The van der Waals surface area contributed by atoms with Crippen LogP contribution in [0, 0.1) is 22.7 Å². The quantitative estimate of drug-likeness (QED) is 0.764. The second-order valence-corrected chi connectivity index (χ2v) is 10.2. The molecule has 6 rings (SSSR count). The number of nitrogens with one attached hydrogen (secondary N) is 2. The van der Waals surface area contributed by atoms with Gasteiger partial charge in [0.2, 0.25) is 0 Å². The number of fused-ring (bicyclic) bond motifs is 1. The summed E-state index contributed by atoms with van der Waals surface area (Å²) in [5.41, 5.74) is 1.09. The van der Waals surface area contributed by atoms with Gasteiger partial charge in [0.1, 0.15) is 42.6 Å². The molecule has 0 aromatic heterocycles. The van der Waals surface area contributed by atoms with Crippen LogP contribution >= 0.6 is 0 Å². The fourth-order valence-corrected chi connectivity index (χ4v) is 7.16. The predicted molar refractivity (Wildman–Crippen MR) is 107 cm³/mol. The monoisotopic (exact) mass is 383 g/mol. The van der Waals surface area contributed by atoms with E-state index in [0.717, 1.165) is 31.9 Å². The fraction of sp³-hybridized carbons (Fsp3) is 0.652. The first kappa shape index (κ1) is 18.3. The molecule has 150 valence electrons. The van der Waals surface area contributed by atoms with E-state index in [9.17, 15) is 9.59 Å². The molecule has 5 nitrogen and oxygen atoms in total. The van der Waals surface area contributed by atoms with Crippen molar-refractivity contribution >= 4 is 17.4 Å². The van der Waals surface area contributed by atoms with E-state index >= 15 is 0 Å². The molecule has 5 heteroatoms. The number of para-hydroxylation sites is 1. The van der Waals surface area contributed by atoms with Crippen molar-refractivity contribution < 1.29 is 19.4 Å². The summed E-state index contributed by atoms with van der Waals surface area (Å²) in [6, 6.07) is 8.37. The summed E-state index contributed by atoms with van der Waals surface area (Å²) in [4.78, 5) is 32.4. The largest absolute Gasteiger partial charge is 0.353 e. The van der Waals surface area contributed by atoms with E-state index in [-0.39, 0.29) is 16.7 Å². The van der Waals surface area contributed by atoms with Crippen molar-refractivity contribution in [1.29, 1.82) is 0 Å². The molecule has 1 amide bonds. The number of nitrogens with zero attached hydrogens (tertiary/aromatic N) is 1. The topological polar surface area (TPSA) is 46.3 Å². The Labute approximate surface area is 167 Å². The molecule has 0 radical (unpaired) electrons. The summed E-state index contributed by atoms with van der Waals surface area (Å²) >= 11 is 0. The molecule has 0 atom stereocenters. The molecule has 1 spiro atoms. The van der Waals surface area contributed by atoms with Crippen LogP contribution in [0.3, 0.4) is 0 Å². The highest BCUT2D eigenvalue weighted by molar-refractivity contribution is 6.06. The standard InChI is InChI=1S/C23H31N3O2/c1-6-26-18-10-8-7-9-17(18)23(20(26)28)24-11-21(15(2)3)12-25(23)14-22(13-24,16(4)5)19(21)27/h7-10,15-16H,6,11-14H2,1-5H3/p+2. The zero-order valence-electron chi connectivity index (χ0n) is 17.8. The molecule has 1 aromatic carbocycles. The van der Waals surface area contributed by atoms with Gasteiger partial charge in [-0.25, -0.2) is 0 Å². The minimum absolute atomic E-state index is 0.241. The lowest BCUT2D eigenvalue weighted by atomic mass is 9.52. The summed E-state index contributed by atoms with van der Waals surface area (Å²) in [6.45, 7) is 14.7. The highest BCUT2D eigenvalue weighted by Crippen LogP contribution is 2.48. The number of rotatable bonds is 3. The fourth-order valence-electron chi connectivity index (χ4n) is 7.16. The maximum Gasteiger partial charge on any atom is 0.353 e. The van der Waals surface area contributed by atoms with Gasteiger partial charge in [-0.2, -0.15) is 0 Å². The van der Waals surface area contributed by atoms with E-state index in [0.29, 0.717) is 24.2 Å². The highest BCUT2D eigenvalue weighted by atomic mass is 16.2. The number of amides is 1. The summed E-state index contributed by atoms with van der Waals surface area (Å²) in [7, 11) is 0. The van der Waals surface area contributed by atoms with Gasteiger partial charge in [0.25, 0.3) is 0 Å². The Kier molecular flexibility index (Phi) is 3.57. The second kappa shape index (κ2) is 5.45. The Balaban J connectivity index is 1.73. The van der Waals surface area contributed by atoms with E-state index in [1.807, 2.05) is 11.0 Å². The number of piperidine rings is 2. The number of carbonyl (C=O) groups is 2. The van der Waals surface area contributed by atoms with Crippen molar-refractivity contribution in [3.63, 3.8) is 0 Å². The number of ketones is 1. The Morgan fingerprint density at radius 3 is 1.89 bits per heavy atom. The molecule has 0 saturated carbocycles. The smallest absolute Gasteiger partial charge is 0.301 e. The van der Waals surface area contributed by atoms with Crippen LogP contribution in [0.2, 0.25) is 0 Å². The first-order chi connectivity index (χ1) is 13.3. The summed E-state index contributed by atoms with van der Waals surface area (Å²) in [5, 5.41) is 0. The van der Waals surface area contributed by atoms with Crippen molar-refractivity contribution in [2.45, 2.75) is 40.3 Å². The molecule has 4 bridgehead atoms. The number of likely N-dealkylation sites (N-methyl/N-ethyl adjacent to an activating group) is 1. The third-order valence-corrected chi connectivity index (χ3v) is 8.77. The maximum atomic E-state index is 13.9. The van der Waals surface area contributed by atoms with Crippen LogP contribution < -0.4 is 14.7 Å². The molecule has 0 aliphatic carbocycles. The van der Waals surface area contributed by atoms with Gasteiger partial charge in [-0.3, -0.25) is 19.4 Å². The van der Waals surface area contributed by atoms with Crippen molar-refractivity contribution in [2.75, 3.05) is 37.6 Å². The van der Waals surface area contributed by atoms with Gasteiger partial charge in [-0.05, 0) is 30.9 Å². The number of benzene rings is 1. The molecule has 28 heavy (non-hydrogen) atoms. The summed E-state index contributed by atoms with van der Waals surface area (Å²) in [6.07, 6.45) is 0. The maximum absolute atomic E-state index is 13.9. The lowest BCUT2D eigenvalue weighted by molar-refractivity contribution is -1.20. The Hall–Kier alpha value is -1.72. The van der Waals surface area contributed by atoms with Gasteiger partial charge >= 0.3 is 11.6 Å². The zero-order chi connectivity index (χ0) is 20.1. The lowest BCUT2D eigenvalue weighted by Gasteiger charge is -2.65. The van der Waals surface area contributed by atoms with Crippen LogP contribution in [0.25, 0.3) is 0 Å². The average Bonchev–Trinajstić information content (AvgIpc) is 2.90. The van der Waals surface area contributed by atoms with E-state index < -0.39 is 5.66 Å². The molecule has 5 heterocycles. The minimum atomic E-state index is -0.565. The normalized spacial score (nSPS) is 41.0. The predicted octanol–water partition coefficient (Wildman–Crippen LogP) is -0.130. The molecule has 2 N–H and O–H groups in total. The van der Waals surface area contributed by atoms with Crippen molar-refractivity contribution in [2.24, 2.45) is 22.7 Å². The second-order valence-electron chi connectivity index (χ2n) is 10.2. The van der Waals surface area contributed by atoms with Gasteiger partial charge in [-0.1, -0.05) is 39.8 Å². The van der Waals surface area contributed by atoms with Crippen LogP contribution in [0.15, 0.2) is 24.3 Å². The molecule has 5 aliphatic heterocycles. The highest BCUT2D eigenvalue weighted by Gasteiger charge is 2.81. The number of hydrogen-bond donors (Lipinski definition) is 2. The molecule has 0 unspecified atom stereocenters. The molecular formula is C23H33N3O2+2. The summed E-state index contributed by atoms with van der Waals surface area (Å²) in [5.74, 6) is 1.33. The van der Waals surface area contributed by atoms with Gasteiger partial charge < -0.3 is 4.90 Å². The number of hydrogen-bond acceptors (Lipinski definition) is 2. The van der Waals surface area contributed by atoms with Crippen LogP contribution in [0.4, 0.5) is 5.69 Å². The number of anilines is 1. The van der Waals surface area contributed by atoms with E-state index in [4.69, 9.17) is 0 Å². The number of quaternary nitrogens is 2. The van der Waals surface area contributed by atoms with Gasteiger partial charge in [0.15, 0.2) is 5.78 Å². The molecule has 4 saturated heterocycles.